The van der Waals surface area contributed by atoms with Gasteiger partial charge in [0.15, 0.2) is 0 Å². The molecular weight excluding hydrogens is 234 g/mol. The number of aromatic nitrogens is 2. The van der Waals surface area contributed by atoms with E-state index in [1.165, 1.54) is 16.3 Å². The number of fused-ring (bicyclic) bond motifs is 1. The molecule has 0 aliphatic carbocycles. The number of rotatable bonds is 3. The van der Waals surface area contributed by atoms with Crippen molar-refractivity contribution in [2.24, 2.45) is 0 Å². The number of benzene rings is 2. The van der Waals surface area contributed by atoms with Gasteiger partial charge in [0.25, 0.3) is 0 Å². The predicted molar refractivity (Wildman–Crippen MR) is 79.3 cm³/mol. The Morgan fingerprint density at radius 1 is 1.05 bits per heavy atom. The molecule has 1 heterocycles. The van der Waals surface area contributed by atoms with Gasteiger partial charge in [-0.3, -0.25) is 5.10 Å². The predicted octanol–water partition coefficient (Wildman–Crippen LogP) is 3.79. The molecule has 96 valence electrons. The van der Waals surface area contributed by atoms with Crippen LogP contribution in [-0.4, -0.2) is 10.2 Å². The molecule has 2 aromatic carbocycles. The van der Waals surface area contributed by atoms with Crippen molar-refractivity contribution in [3.05, 3.63) is 59.4 Å². The Kier molecular flexibility index (Phi) is 2.95. The lowest BCUT2D eigenvalue weighted by molar-refractivity contribution is 1.02. The van der Waals surface area contributed by atoms with E-state index in [9.17, 15) is 0 Å². The maximum Gasteiger partial charge on any atom is 0.0643 e. The maximum atomic E-state index is 4.21. The molecule has 0 radical (unpaired) electrons. The van der Waals surface area contributed by atoms with Crippen LogP contribution in [0.4, 0.5) is 5.69 Å². The monoisotopic (exact) mass is 251 g/mol. The molecule has 0 fully saturated rings. The molecule has 0 bridgehead atoms. The highest BCUT2D eigenvalue weighted by molar-refractivity contribution is 5.85. The van der Waals surface area contributed by atoms with Crippen molar-refractivity contribution in [1.82, 2.24) is 10.2 Å². The second-order valence-corrected chi connectivity index (χ2v) is 4.83. The van der Waals surface area contributed by atoms with E-state index < -0.39 is 0 Å². The van der Waals surface area contributed by atoms with Gasteiger partial charge < -0.3 is 5.32 Å². The van der Waals surface area contributed by atoms with Gasteiger partial charge in [0.2, 0.25) is 0 Å². The molecule has 3 heteroatoms. The van der Waals surface area contributed by atoms with E-state index in [0.717, 1.165) is 23.6 Å². The zero-order valence-electron chi connectivity index (χ0n) is 11.2. The Hall–Kier alpha value is -2.29. The topological polar surface area (TPSA) is 40.7 Å². The van der Waals surface area contributed by atoms with E-state index in [0.29, 0.717) is 0 Å². The minimum atomic E-state index is 0.798. The molecule has 0 spiro atoms. The summed E-state index contributed by atoms with van der Waals surface area (Å²) in [7, 11) is 0. The zero-order chi connectivity index (χ0) is 13.2. The van der Waals surface area contributed by atoms with Crippen molar-refractivity contribution in [1.29, 1.82) is 0 Å². The number of nitrogens with zero attached hydrogens (tertiary/aromatic N) is 1. The lowest BCUT2D eigenvalue weighted by Crippen LogP contribution is -2.01. The van der Waals surface area contributed by atoms with Crippen molar-refractivity contribution in [2.45, 2.75) is 20.4 Å². The highest BCUT2D eigenvalue weighted by Gasteiger charge is 2.05. The van der Waals surface area contributed by atoms with Gasteiger partial charge in [0, 0.05) is 23.5 Å². The van der Waals surface area contributed by atoms with Crippen LogP contribution < -0.4 is 5.32 Å². The van der Waals surface area contributed by atoms with E-state index in [2.05, 4.69) is 64.9 Å². The molecular formula is C16H17N3. The summed E-state index contributed by atoms with van der Waals surface area (Å²) in [5.41, 5.74) is 4.57. The Morgan fingerprint density at radius 3 is 2.58 bits per heavy atom. The standard InChI is InChI=1S/C16H17N3/c1-11-16(12(2)19-18-11)10-17-15-8-7-13-5-3-4-6-14(13)9-15/h3-9,17H,10H2,1-2H3,(H,18,19). The number of aryl methyl sites for hydroxylation is 2. The number of hydrogen-bond donors (Lipinski definition) is 2. The van der Waals surface area contributed by atoms with Crippen LogP contribution in [0.25, 0.3) is 10.8 Å². The van der Waals surface area contributed by atoms with Gasteiger partial charge in [-0.2, -0.15) is 5.10 Å². The number of H-pyrrole nitrogens is 1. The van der Waals surface area contributed by atoms with Gasteiger partial charge in [-0.15, -0.1) is 0 Å². The molecule has 3 nitrogen and oxygen atoms in total. The van der Waals surface area contributed by atoms with Crippen molar-refractivity contribution in [3.63, 3.8) is 0 Å². The van der Waals surface area contributed by atoms with E-state index in [1.54, 1.807) is 0 Å². The van der Waals surface area contributed by atoms with Gasteiger partial charge in [0.1, 0.15) is 0 Å². The van der Waals surface area contributed by atoms with Gasteiger partial charge in [-0.25, -0.2) is 0 Å². The van der Waals surface area contributed by atoms with Crippen molar-refractivity contribution in [3.8, 4) is 0 Å². The highest BCUT2D eigenvalue weighted by Crippen LogP contribution is 2.20. The van der Waals surface area contributed by atoms with Crippen LogP contribution in [0.1, 0.15) is 17.0 Å². The molecule has 0 saturated carbocycles. The largest absolute Gasteiger partial charge is 0.381 e. The lowest BCUT2D eigenvalue weighted by atomic mass is 10.1. The van der Waals surface area contributed by atoms with Crippen LogP contribution in [0.2, 0.25) is 0 Å². The first kappa shape index (κ1) is 11.8. The number of nitrogens with one attached hydrogen (secondary N) is 2. The summed E-state index contributed by atoms with van der Waals surface area (Å²) in [6.07, 6.45) is 0. The summed E-state index contributed by atoms with van der Waals surface area (Å²) in [4.78, 5) is 0. The van der Waals surface area contributed by atoms with E-state index >= 15 is 0 Å². The smallest absolute Gasteiger partial charge is 0.0643 e. The Labute approximate surface area is 112 Å². The first-order chi connectivity index (χ1) is 9.24. The van der Waals surface area contributed by atoms with Crippen LogP contribution in [0, 0.1) is 13.8 Å². The molecule has 19 heavy (non-hydrogen) atoms. The molecule has 1 aromatic heterocycles. The normalized spacial score (nSPS) is 10.8. The fourth-order valence-electron chi connectivity index (χ4n) is 2.32. The molecule has 2 N–H and O–H groups in total. The summed E-state index contributed by atoms with van der Waals surface area (Å²) in [5.74, 6) is 0. The van der Waals surface area contributed by atoms with Crippen LogP contribution >= 0.6 is 0 Å². The molecule has 0 atom stereocenters. The average Bonchev–Trinajstić information content (AvgIpc) is 2.76. The minimum Gasteiger partial charge on any atom is -0.381 e. The Morgan fingerprint density at radius 2 is 1.84 bits per heavy atom. The molecule has 0 aliphatic heterocycles. The SMILES string of the molecule is Cc1n[nH]c(C)c1CNc1ccc2ccccc2c1. The molecule has 3 rings (SSSR count). The number of hydrogen-bond acceptors (Lipinski definition) is 2. The molecule has 3 aromatic rings. The van der Waals surface area contributed by atoms with Crippen molar-refractivity contribution >= 4 is 16.5 Å². The van der Waals surface area contributed by atoms with Gasteiger partial charge in [0.05, 0.1) is 5.69 Å². The third-order valence-corrected chi connectivity index (χ3v) is 3.50. The summed E-state index contributed by atoms with van der Waals surface area (Å²) >= 11 is 0. The second kappa shape index (κ2) is 4.76. The third-order valence-electron chi connectivity index (χ3n) is 3.50. The quantitative estimate of drug-likeness (QED) is 0.743. The number of anilines is 1. The van der Waals surface area contributed by atoms with Crippen molar-refractivity contribution < 1.29 is 0 Å². The summed E-state index contributed by atoms with van der Waals surface area (Å²) < 4.78 is 0. The first-order valence-electron chi connectivity index (χ1n) is 6.47. The van der Waals surface area contributed by atoms with Crippen molar-refractivity contribution in [2.75, 3.05) is 5.32 Å². The lowest BCUT2D eigenvalue weighted by Gasteiger charge is -2.08. The fraction of sp³-hybridized carbons (Fsp3) is 0.188. The molecule has 0 unspecified atom stereocenters. The number of aromatic amines is 1. The maximum absolute atomic E-state index is 4.21. The van der Waals surface area contributed by atoms with E-state index in [4.69, 9.17) is 0 Å². The van der Waals surface area contributed by atoms with Gasteiger partial charge >= 0.3 is 0 Å². The summed E-state index contributed by atoms with van der Waals surface area (Å²) in [6.45, 7) is 4.88. The first-order valence-corrected chi connectivity index (χ1v) is 6.47. The van der Waals surface area contributed by atoms with Crippen LogP contribution in [-0.2, 0) is 6.54 Å². The van der Waals surface area contributed by atoms with Crippen LogP contribution in [0.15, 0.2) is 42.5 Å². The zero-order valence-corrected chi connectivity index (χ0v) is 11.2. The average molecular weight is 251 g/mol. The third kappa shape index (κ3) is 2.32. The molecule has 0 aliphatic rings. The Bertz CT molecular complexity index is 693. The fourth-order valence-corrected chi connectivity index (χ4v) is 2.32. The van der Waals surface area contributed by atoms with Gasteiger partial charge in [-0.05, 0) is 36.8 Å². The molecule has 0 saturated heterocycles. The minimum absolute atomic E-state index is 0.798. The van der Waals surface area contributed by atoms with Gasteiger partial charge in [-0.1, -0.05) is 30.3 Å². The molecule has 0 amide bonds. The van der Waals surface area contributed by atoms with E-state index in [1.807, 2.05) is 6.92 Å². The Balaban J connectivity index is 1.82. The van der Waals surface area contributed by atoms with E-state index in [-0.39, 0.29) is 0 Å². The second-order valence-electron chi connectivity index (χ2n) is 4.83. The van der Waals surface area contributed by atoms with Crippen LogP contribution in [0.5, 0.6) is 0 Å². The summed E-state index contributed by atoms with van der Waals surface area (Å²) in [6, 6.07) is 14.8. The van der Waals surface area contributed by atoms with Crippen LogP contribution in [0.3, 0.4) is 0 Å². The highest BCUT2D eigenvalue weighted by atomic mass is 15.1. The summed E-state index contributed by atoms with van der Waals surface area (Å²) in [5, 5.41) is 13.2.